The molecule has 0 unspecified atom stereocenters. The Balaban J connectivity index is 1.24. The number of amides is 1. The maximum absolute atomic E-state index is 12.7. The van der Waals surface area contributed by atoms with Crippen LogP contribution in [0.15, 0.2) is 41.6 Å². The molecule has 1 aliphatic rings. The van der Waals surface area contributed by atoms with E-state index in [1.54, 1.807) is 23.7 Å². The molecule has 10 heteroatoms. The Labute approximate surface area is 179 Å². The van der Waals surface area contributed by atoms with Crippen LogP contribution in [0.5, 0.6) is 11.5 Å². The average Bonchev–Trinajstić information content (AvgIpc) is 3.18. The first-order valence-electron chi connectivity index (χ1n) is 10.2. The Morgan fingerprint density at radius 3 is 2.52 bits per heavy atom. The van der Waals surface area contributed by atoms with Crippen LogP contribution in [-0.4, -0.2) is 81.5 Å². The number of piperazine rings is 1. The zero-order valence-corrected chi connectivity index (χ0v) is 17.7. The Bertz CT molecular complexity index is 1100. The second kappa shape index (κ2) is 9.17. The highest BCUT2D eigenvalue weighted by atomic mass is 16.5. The maximum atomic E-state index is 12.7. The molecule has 0 saturated carbocycles. The van der Waals surface area contributed by atoms with Gasteiger partial charge in [-0.05, 0) is 24.3 Å². The predicted octanol–water partition coefficient (Wildman–Crippen LogP) is 0.362. The summed E-state index contributed by atoms with van der Waals surface area (Å²) in [6, 6.07) is 7.50. The summed E-state index contributed by atoms with van der Waals surface area (Å²) in [6.45, 7) is 4.13. The van der Waals surface area contributed by atoms with E-state index in [9.17, 15) is 9.59 Å². The Morgan fingerprint density at radius 1 is 1.10 bits per heavy atom. The second-order valence-corrected chi connectivity index (χ2v) is 7.43. The first-order chi connectivity index (χ1) is 15.0. The topological polar surface area (TPSA) is 94.7 Å². The number of aryl methyl sites for hydroxylation is 1. The molecule has 3 heterocycles. The van der Waals surface area contributed by atoms with Gasteiger partial charge in [0.05, 0.1) is 13.3 Å². The molecule has 1 amide bonds. The van der Waals surface area contributed by atoms with Gasteiger partial charge < -0.3 is 14.4 Å². The fraction of sp³-hybridized carbons (Fsp3) is 0.429. The van der Waals surface area contributed by atoms with E-state index in [0.29, 0.717) is 30.7 Å². The molecule has 0 aliphatic carbocycles. The minimum Gasteiger partial charge on any atom is -0.497 e. The van der Waals surface area contributed by atoms with Gasteiger partial charge in [0, 0.05) is 39.8 Å². The summed E-state index contributed by atoms with van der Waals surface area (Å²) in [5, 5.41) is 4.47. The molecule has 4 rings (SSSR count). The van der Waals surface area contributed by atoms with E-state index in [4.69, 9.17) is 9.47 Å². The zero-order chi connectivity index (χ0) is 21.8. The number of benzene rings is 1. The number of carbonyl (C=O) groups is 1. The third-order valence-electron chi connectivity index (χ3n) is 5.48. The average molecular weight is 426 g/mol. The highest BCUT2D eigenvalue weighted by Gasteiger charge is 2.22. The molecule has 164 valence electrons. The van der Waals surface area contributed by atoms with Crippen molar-refractivity contribution < 1.29 is 14.3 Å². The number of carbonyl (C=O) groups excluding carboxylic acids is 1. The fourth-order valence-electron chi connectivity index (χ4n) is 3.61. The van der Waals surface area contributed by atoms with Crippen molar-refractivity contribution in [1.29, 1.82) is 0 Å². The van der Waals surface area contributed by atoms with Gasteiger partial charge in [0.15, 0.2) is 5.65 Å². The van der Waals surface area contributed by atoms with Crippen LogP contribution in [-0.2, 0) is 18.4 Å². The Kier molecular flexibility index (Phi) is 6.17. The van der Waals surface area contributed by atoms with Crippen molar-refractivity contribution in [3.05, 3.63) is 47.1 Å². The molecule has 1 aromatic carbocycles. The van der Waals surface area contributed by atoms with Crippen LogP contribution in [0.2, 0.25) is 0 Å². The third-order valence-corrected chi connectivity index (χ3v) is 5.48. The lowest BCUT2D eigenvalue weighted by atomic mass is 10.3. The summed E-state index contributed by atoms with van der Waals surface area (Å²) >= 11 is 0. The van der Waals surface area contributed by atoms with Crippen LogP contribution in [0, 0.1) is 0 Å². The monoisotopic (exact) mass is 426 g/mol. The van der Waals surface area contributed by atoms with E-state index in [1.165, 1.54) is 17.1 Å². The van der Waals surface area contributed by atoms with Gasteiger partial charge in [-0.2, -0.15) is 5.10 Å². The summed E-state index contributed by atoms with van der Waals surface area (Å²) in [5.41, 5.74) is 0.264. The van der Waals surface area contributed by atoms with Crippen molar-refractivity contribution in [3.63, 3.8) is 0 Å². The molecular weight excluding hydrogens is 400 g/mol. The van der Waals surface area contributed by atoms with E-state index < -0.39 is 0 Å². The van der Waals surface area contributed by atoms with Crippen LogP contribution in [0.25, 0.3) is 11.0 Å². The van der Waals surface area contributed by atoms with Gasteiger partial charge in [0.25, 0.3) is 5.56 Å². The van der Waals surface area contributed by atoms with Gasteiger partial charge in [-0.25, -0.2) is 4.98 Å². The largest absolute Gasteiger partial charge is 0.497 e. The smallest absolute Gasteiger partial charge is 0.264 e. The molecule has 1 fully saturated rings. The number of methoxy groups -OCH3 is 1. The number of hydrogen-bond acceptors (Lipinski definition) is 7. The van der Waals surface area contributed by atoms with E-state index >= 15 is 0 Å². The van der Waals surface area contributed by atoms with Gasteiger partial charge >= 0.3 is 0 Å². The highest BCUT2D eigenvalue weighted by Crippen LogP contribution is 2.17. The maximum Gasteiger partial charge on any atom is 0.264 e. The van der Waals surface area contributed by atoms with Crippen LogP contribution < -0.4 is 15.0 Å². The summed E-state index contributed by atoms with van der Waals surface area (Å²) in [5.74, 6) is 1.52. The van der Waals surface area contributed by atoms with Crippen molar-refractivity contribution in [2.24, 2.45) is 7.05 Å². The van der Waals surface area contributed by atoms with Gasteiger partial charge in [-0.15, -0.1) is 0 Å². The minimum absolute atomic E-state index is 0.0166. The molecule has 0 atom stereocenters. The predicted molar refractivity (Wildman–Crippen MR) is 114 cm³/mol. The molecule has 0 radical (unpaired) electrons. The molecule has 0 bridgehead atoms. The van der Waals surface area contributed by atoms with Crippen molar-refractivity contribution in [2.75, 3.05) is 46.4 Å². The molecule has 0 spiro atoms. The van der Waals surface area contributed by atoms with Gasteiger partial charge in [0.2, 0.25) is 5.91 Å². The molecule has 10 nitrogen and oxygen atoms in total. The Hall–Kier alpha value is -3.40. The zero-order valence-electron chi connectivity index (χ0n) is 17.7. The molecule has 31 heavy (non-hydrogen) atoms. The van der Waals surface area contributed by atoms with Crippen molar-refractivity contribution in [2.45, 2.75) is 6.54 Å². The van der Waals surface area contributed by atoms with Crippen LogP contribution in [0.3, 0.4) is 0 Å². The van der Waals surface area contributed by atoms with E-state index in [0.717, 1.165) is 31.1 Å². The quantitative estimate of drug-likeness (QED) is 0.538. The van der Waals surface area contributed by atoms with E-state index in [2.05, 4.69) is 15.0 Å². The third kappa shape index (κ3) is 4.69. The van der Waals surface area contributed by atoms with Gasteiger partial charge in [-0.3, -0.25) is 23.7 Å². The normalized spacial score (nSPS) is 14.7. The molecular formula is C21H26N6O4. The fourth-order valence-corrected chi connectivity index (χ4v) is 3.61. The number of fused-ring (bicyclic) bond motifs is 1. The number of ether oxygens (including phenoxy) is 2. The summed E-state index contributed by atoms with van der Waals surface area (Å²) in [6.07, 6.45) is 2.90. The van der Waals surface area contributed by atoms with Gasteiger partial charge in [-0.1, -0.05) is 0 Å². The summed E-state index contributed by atoms with van der Waals surface area (Å²) < 4.78 is 13.8. The van der Waals surface area contributed by atoms with Crippen LogP contribution in [0.4, 0.5) is 0 Å². The molecule has 0 N–H and O–H groups in total. The number of rotatable bonds is 7. The molecule has 1 saturated heterocycles. The number of hydrogen-bond donors (Lipinski definition) is 0. The molecule has 1 aliphatic heterocycles. The Morgan fingerprint density at radius 2 is 1.81 bits per heavy atom. The standard InChI is InChI=1S/C21H26N6O4/c1-24-20-18(13-23-24)21(29)27(15-22-20)14-19(28)26-9-7-25(8-10-26)11-12-31-17-5-3-16(30-2)4-6-17/h3-6,13,15H,7-12,14H2,1-2H3. The minimum atomic E-state index is -0.249. The van der Waals surface area contributed by atoms with E-state index in [-0.39, 0.29) is 18.0 Å². The summed E-state index contributed by atoms with van der Waals surface area (Å²) in [4.78, 5) is 33.5. The van der Waals surface area contributed by atoms with Crippen molar-refractivity contribution in [3.8, 4) is 11.5 Å². The summed E-state index contributed by atoms with van der Waals surface area (Å²) in [7, 11) is 3.36. The lowest BCUT2D eigenvalue weighted by Crippen LogP contribution is -2.50. The lowest BCUT2D eigenvalue weighted by Gasteiger charge is -2.34. The van der Waals surface area contributed by atoms with Crippen molar-refractivity contribution >= 4 is 16.9 Å². The SMILES string of the molecule is COc1ccc(OCCN2CCN(C(=O)Cn3cnc4c(cnn4C)c3=O)CC2)cc1. The van der Waals surface area contributed by atoms with Crippen LogP contribution in [0.1, 0.15) is 0 Å². The first kappa shape index (κ1) is 20.9. The van der Waals surface area contributed by atoms with Crippen molar-refractivity contribution in [1.82, 2.24) is 29.1 Å². The highest BCUT2D eigenvalue weighted by molar-refractivity contribution is 5.77. The van der Waals surface area contributed by atoms with Gasteiger partial charge in [0.1, 0.15) is 36.4 Å². The number of aromatic nitrogens is 4. The first-order valence-corrected chi connectivity index (χ1v) is 10.2. The van der Waals surface area contributed by atoms with Crippen LogP contribution >= 0.6 is 0 Å². The molecule has 3 aromatic rings. The number of nitrogens with zero attached hydrogens (tertiary/aromatic N) is 6. The second-order valence-electron chi connectivity index (χ2n) is 7.43. The lowest BCUT2D eigenvalue weighted by molar-refractivity contribution is -0.133. The molecule has 2 aromatic heterocycles. The van der Waals surface area contributed by atoms with E-state index in [1.807, 2.05) is 24.3 Å².